The average molecular weight is 358 g/mol. The first kappa shape index (κ1) is 16.8. The topological polar surface area (TPSA) is 53.4 Å². The van der Waals surface area contributed by atoms with Gasteiger partial charge in [0.25, 0.3) is 0 Å². The minimum absolute atomic E-state index is 0.399. The van der Waals surface area contributed by atoms with Crippen LogP contribution in [-0.4, -0.2) is 22.9 Å². The summed E-state index contributed by atoms with van der Waals surface area (Å²) in [7, 11) is 3.11. The van der Waals surface area contributed by atoms with E-state index in [1.54, 1.807) is 11.7 Å². The minimum atomic E-state index is -0.399. The first-order valence-electron chi connectivity index (χ1n) is 8.55. The van der Waals surface area contributed by atoms with Crippen LogP contribution in [0.3, 0.4) is 0 Å². The number of rotatable bonds is 4. The molecule has 5 nitrogen and oxygen atoms in total. The number of hydrogen-bond acceptors (Lipinski definition) is 4. The van der Waals surface area contributed by atoms with Crippen LogP contribution >= 0.6 is 0 Å². The molecule has 5 heteroatoms. The number of aromatic nitrogens is 2. The number of nitrogens with zero attached hydrogens (tertiary/aromatic N) is 2. The van der Waals surface area contributed by atoms with E-state index in [1.807, 2.05) is 72.8 Å². The molecule has 0 aliphatic carbocycles. The Morgan fingerprint density at radius 3 is 2.30 bits per heavy atom. The maximum Gasteiger partial charge on any atom is 0.356 e. The highest BCUT2D eigenvalue weighted by Crippen LogP contribution is 2.31. The van der Waals surface area contributed by atoms with Crippen LogP contribution in [0.1, 0.15) is 10.5 Å². The van der Waals surface area contributed by atoms with Crippen LogP contribution in [0.4, 0.5) is 0 Å². The summed E-state index contributed by atoms with van der Waals surface area (Å²) in [5.41, 5.74) is 3.15. The number of fused-ring (bicyclic) bond motifs is 1. The van der Waals surface area contributed by atoms with Crippen LogP contribution < -0.4 is 4.74 Å². The van der Waals surface area contributed by atoms with Gasteiger partial charge in [0, 0.05) is 18.0 Å². The molecule has 0 amide bonds. The minimum Gasteiger partial charge on any atom is -0.464 e. The molecule has 0 atom stereocenters. The second kappa shape index (κ2) is 6.96. The third-order valence-corrected chi connectivity index (χ3v) is 4.39. The summed E-state index contributed by atoms with van der Waals surface area (Å²) >= 11 is 0. The fourth-order valence-corrected chi connectivity index (χ4v) is 3.12. The van der Waals surface area contributed by atoms with E-state index in [4.69, 9.17) is 9.47 Å². The van der Waals surface area contributed by atoms with Gasteiger partial charge >= 0.3 is 5.97 Å². The molecule has 1 heterocycles. The lowest BCUT2D eigenvalue weighted by atomic mass is 10.0. The average Bonchev–Trinajstić information content (AvgIpc) is 3.04. The van der Waals surface area contributed by atoms with E-state index in [0.29, 0.717) is 5.69 Å². The Balaban J connectivity index is 1.71. The molecule has 0 aliphatic rings. The van der Waals surface area contributed by atoms with Gasteiger partial charge in [0.15, 0.2) is 5.69 Å². The zero-order valence-corrected chi connectivity index (χ0v) is 15.0. The molecule has 0 saturated heterocycles. The maximum atomic E-state index is 12.1. The Hall–Kier alpha value is -3.60. The van der Waals surface area contributed by atoms with Crippen molar-refractivity contribution < 1.29 is 14.3 Å². The predicted molar refractivity (Wildman–Crippen MR) is 104 cm³/mol. The third kappa shape index (κ3) is 3.15. The number of para-hydroxylation sites is 1. The van der Waals surface area contributed by atoms with E-state index < -0.39 is 5.97 Å². The summed E-state index contributed by atoms with van der Waals surface area (Å²) in [4.78, 5) is 12.1. The fourth-order valence-electron chi connectivity index (χ4n) is 3.12. The lowest BCUT2D eigenvalue weighted by Gasteiger charge is -2.07. The normalized spacial score (nSPS) is 10.7. The van der Waals surface area contributed by atoms with Gasteiger partial charge in [0.05, 0.1) is 7.11 Å². The largest absolute Gasteiger partial charge is 0.464 e. The molecule has 3 aromatic carbocycles. The summed E-state index contributed by atoms with van der Waals surface area (Å²) in [6.45, 7) is 0. The van der Waals surface area contributed by atoms with Crippen molar-refractivity contribution in [2.45, 2.75) is 0 Å². The Kier molecular flexibility index (Phi) is 4.34. The number of carbonyl (C=O) groups is 1. The van der Waals surface area contributed by atoms with Crippen molar-refractivity contribution in [3.05, 3.63) is 78.5 Å². The van der Waals surface area contributed by atoms with Crippen LogP contribution in [0.5, 0.6) is 11.5 Å². The number of aryl methyl sites for hydroxylation is 1. The van der Waals surface area contributed by atoms with Gasteiger partial charge in [-0.3, -0.25) is 4.68 Å². The first-order chi connectivity index (χ1) is 13.2. The van der Waals surface area contributed by atoms with Crippen molar-refractivity contribution >= 4 is 16.9 Å². The molecule has 0 N–H and O–H groups in total. The van der Waals surface area contributed by atoms with Gasteiger partial charge in [0.1, 0.15) is 17.0 Å². The van der Waals surface area contributed by atoms with Gasteiger partial charge in [-0.25, -0.2) is 4.79 Å². The van der Waals surface area contributed by atoms with Crippen molar-refractivity contribution in [3.8, 4) is 22.6 Å². The Morgan fingerprint density at radius 2 is 1.59 bits per heavy atom. The van der Waals surface area contributed by atoms with E-state index in [0.717, 1.165) is 33.5 Å². The second-order valence-electron chi connectivity index (χ2n) is 6.11. The second-order valence-corrected chi connectivity index (χ2v) is 6.11. The fraction of sp³-hybridized carbons (Fsp3) is 0.0909. The van der Waals surface area contributed by atoms with Crippen molar-refractivity contribution in [3.63, 3.8) is 0 Å². The van der Waals surface area contributed by atoms with Gasteiger partial charge in [-0.2, -0.15) is 5.10 Å². The standard InChI is InChI=1S/C22H18N2O3/c1-24-21(22(25)26-2)19-10-6-9-18(20(19)23-24)15-11-13-17(14-12-15)27-16-7-4-3-5-8-16/h3-14H,1-2H3. The van der Waals surface area contributed by atoms with E-state index in [-0.39, 0.29) is 0 Å². The predicted octanol–water partition coefficient (Wildman–Crippen LogP) is 4.82. The van der Waals surface area contributed by atoms with Gasteiger partial charge in [0.2, 0.25) is 0 Å². The van der Waals surface area contributed by atoms with Crippen molar-refractivity contribution in [1.82, 2.24) is 9.78 Å². The number of benzene rings is 3. The highest BCUT2D eigenvalue weighted by Gasteiger charge is 2.19. The molecule has 134 valence electrons. The molecule has 0 unspecified atom stereocenters. The number of carbonyl (C=O) groups excluding carboxylic acids is 1. The molecule has 0 radical (unpaired) electrons. The Labute approximate surface area is 156 Å². The van der Waals surface area contributed by atoms with Crippen molar-refractivity contribution in [1.29, 1.82) is 0 Å². The Bertz CT molecular complexity index is 1100. The van der Waals surface area contributed by atoms with E-state index in [9.17, 15) is 4.79 Å². The molecule has 27 heavy (non-hydrogen) atoms. The van der Waals surface area contributed by atoms with Gasteiger partial charge in [-0.05, 0) is 29.8 Å². The highest BCUT2D eigenvalue weighted by atomic mass is 16.5. The molecule has 1 aromatic heterocycles. The lowest BCUT2D eigenvalue weighted by molar-refractivity contribution is 0.0590. The molecule has 0 saturated carbocycles. The lowest BCUT2D eigenvalue weighted by Crippen LogP contribution is -2.08. The smallest absolute Gasteiger partial charge is 0.356 e. The van der Waals surface area contributed by atoms with Gasteiger partial charge < -0.3 is 9.47 Å². The summed E-state index contributed by atoms with van der Waals surface area (Å²) < 4.78 is 12.3. The van der Waals surface area contributed by atoms with Crippen molar-refractivity contribution in [2.75, 3.05) is 7.11 Å². The summed E-state index contributed by atoms with van der Waals surface area (Å²) in [5.74, 6) is 1.15. The van der Waals surface area contributed by atoms with Crippen LogP contribution in [-0.2, 0) is 11.8 Å². The van der Waals surface area contributed by atoms with Crippen LogP contribution in [0, 0.1) is 0 Å². The molecule has 0 bridgehead atoms. The van der Waals surface area contributed by atoms with Crippen LogP contribution in [0.15, 0.2) is 72.8 Å². The molecule has 4 aromatic rings. The number of ether oxygens (including phenoxy) is 2. The molecule has 0 spiro atoms. The SMILES string of the molecule is COC(=O)c1c2cccc(-c3ccc(Oc4ccccc4)cc3)c2nn1C. The zero-order valence-electron chi connectivity index (χ0n) is 15.0. The summed E-state index contributed by atoms with van der Waals surface area (Å²) in [6.07, 6.45) is 0. The van der Waals surface area contributed by atoms with E-state index in [2.05, 4.69) is 5.10 Å². The van der Waals surface area contributed by atoms with Gasteiger partial charge in [-0.1, -0.05) is 48.5 Å². The monoisotopic (exact) mass is 358 g/mol. The molecule has 4 rings (SSSR count). The molecule has 0 aliphatic heterocycles. The summed E-state index contributed by atoms with van der Waals surface area (Å²) in [5, 5.41) is 5.30. The van der Waals surface area contributed by atoms with Gasteiger partial charge in [-0.15, -0.1) is 0 Å². The Morgan fingerprint density at radius 1 is 0.889 bits per heavy atom. The summed E-state index contributed by atoms with van der Waals surface area (Å²) in [6, 6.07) is 23.2. The van der Waals surface area contributed by atoms with Crippen LogP contribution in [0.25, 0.3) is 22.0 Å². The molecular formula is C22H18N2O3. The van der Waals surface area contributed by atoms with E-state index >= 15 is 0 Å². The third-order valence-electron chi connectivity index (χ3n) is 4.39. The number of methoxy groups -OCH3 is 1. The first-order valence-corrected chi connectivity index (χ1v) is 8.55. The quantitative estimate of drug-likeness (QED) is 0.491. The number of esters is 1. The zero-order chi connectivity index (χ0) is 18.8. The molecular weight excluding hydrogens is 340 g/mol. The van der Waals surface area contributed by atoms with Crippen LogP contribution in [0.2, 0.25) is 0 Å². The van der Waals surface area contributed by atoms with E-state index in [1.165, 1.54) is 7.11 Å². The van der Waals surface area contributed by atoms with Crippen molar-refractivity contribution in [2.24, 2.45) is 7.05 Å². The highest BCUT2D eigenvalue weighted by molar-refractivity contribution is 6.06. The molecule has 0 fully saturated rings. The number of hydrogen-bond donors (Lipinski definition) is 0. The maximum absolute atomic E-state index is 12.1.